The lowest BCUT2D eigenvalue weighted by Crippen LogP contribution is -2.57. The molecule has 0 unspecified atom stereocenters. The average Bonchev–Trinajstić information content (AvgIpc) is 2.52. The molecule has 0 radical (unpaired) electrons. The van der Waals surface area contributed by atoms with Crippen LogP contribution in [0.5, 0.6) is 5.75 Å². The van der Waals surface area contributed by atoms with Crippen LogP contribution in [0.1, 0.15) is 0 Å². The van der Waals surface area contributed by atoms with Gasteiger partial charge in [-0.2, -0.15) is 0 Å². The maximum absolute atomic E-state index is 9.52. The van der Waals surface area contributed by atoms with Crippen molar-refractivity contribution in [3.05, 3.63) is 24.3 Å². The molecule has 2 saturated heterocycles. The number of rotatable bonds is 5. The Morgan fingerprint density at radius 2 is 1.81 bits per heavy atom. The molecule has 2 heterocycles. The maximum atomic E-state index is 9.52. The minimum atomic E-state index is -0.0116. The monoisotopic (exact) mass is 292 g/mol. The average molecular weight is 292 g/mol. The van der Waals surface area contributed by atoms with Crippen LogP contribution >= 0.6 is 0 Å². The summed E-state index contributed by atoms with van der Waals surface area (Å²) >= 11 is 0. The molecule has 21 heavy (non-hydrogen) atoms. The second kappa shape index (κ2) is 6.22. The Morgan fingerprint density at radius 1 is 1.14 bits per heavy atom. The van der Waals surface area contributed by atoms with E-state index in [4.69, 9.17) is 9.47 Å². The predicted molar refractivity (Wildman–Crippen MR) is 82.0 cm³/mol. The van der Waals surface area contributed by atoms with Crippen LogP contribution < -0.4 is 9.64 Å². The minimum absolute atomic E-state index is 0.0116. The van der Waals surface area contributed by atoms with E-state index in [0.717, 1.165) is 38.5 Å². The van der Waals surface area contributed by atoms with Crippen LogP contribution in [0, 0.1) is 5.41 Å². The van der Waals surface area contributed by atoms with Gasteiger partial charge in [0.25, 0.3) is 0 Å². The molecule has 0 aromatic heterocycles. The molecule has 2 aliphatic heterocycles. The number of ether oxygens (including phenoxy) is 2. The number of hydrogen-bond acceptors (Lipinski definition) is 5. The van der Waals surface area contributed by atoms with Gasteiger partial charge in [0.05, 0.1) is 32.3 Å². The molecule has 0 aliphatic carbocycles. The largest absolute Gasteiger partial charge is 0.497 e. The standard InChI is InChI=1S/C16H24N2O3/c1-20-15-4-2-14(3-5-15)18-8-6-17(7-9-18)10-16(11-19)12-21-13-16/h2-5,19H,6-13H2,1H3. The van der Waals surface area contributed by atoms with Crippen molar-refractivity contribution < 1.29 is 14.6 Å². The third-order valence-electron chi connectivity index (χ3n) is 4.52. The van der Waals surface area contributed by atoms with Crippen molar-refractivity contribution in [2.24, 2.45) is 5.41 Å². The first-order chi connectivity index (χ1) is 10.2. The summed E-state index contributed by atoms with van der Waals surface area (Å²) < 4.78 is 10.5. The summed E-state index contributed by atoms with van der Waals surface area (Å²) in [6, 6.07) is 8.25. The molecule has 116 valence electrons. The number of aliphatic hydroxyl groups excluding tert-OH is 1. The molecule has 3 rings (SSSR count). The molecule has 2 fully saturated rings. The fourth-order valence-electron chi connectivity index (χ4n) is 3.05. The molecular formula is C16H24N2O3. The fraction of sp³-hybridized carbons (Fsp3) is 0.625. The van der Waals surface area contributed by atoms with E-state index < -0.39 is 0 Å². The van der Waals surface area contributed by atoms with Crippen molar-refractivity contribution in [2.75, 3.05) is 64.6 Å². The van der Waals surface area contributed by atoms with Gasteiger partial charge >= 0.3 is 0 Å². The number of nitrogens with zero attached hydrogens (tertiary/aromatic N) is 2. The number of anilines is 1. The lowest BCUT2D eigenvalue weighted by atomic mass is 9.86. The van der Waals surface area contributed by atoms with Crippen LogP contribution in [0.4, 0.5) is 5.69 Å². The Hall–Kier alpha value is -1.30. The van der Waals surface area contributed by atoms with Gasteiger partial charge in [-0.1, -0.05) is 0 Å². The van der Waals surface area contributed by atoms with E-state index in [0.29, 0.717) is 13.2 Å². The Morgan fingerprint density at radius 3 is 2.29 bits per heavy atom. The molecule has 0 atom stereocenters. The van der Waals surface area contributed by atoms with Crippen LogP contribution in [-0.2, 0) is 4.74 Å². The van der Waals surface area contributed by atoms with E-state index >= 15 is 0 Å². The normalized spacial score (nSPS) is 21.9. The SMILES string of the molecule is COc1ccc(N2CCN(CC3(CO)COC3)CC2)cc1. The topological polar surface area (TPSA) is 45.2 Å². The summed E-state index contributed by atoms with van der Waals surface area (Å²) in [6.07, 6.45) is 0. The fourth-order valence-corrected chi connectivity index (χ4v) is 3.05. The van der Waals surface area contributed by atoms with Crippen molar-refractivity contribution in [1.29, 1.82) is 0 Å². The van der Waals surface area contributed by atoms with Crippen LogP contribution in [0.15, 0.2) is 24.3 Å². The van der Waals surface area contributed by atoms with E-state index in [9.17, 15) is 5.11 Å². The molecule has 1 aromatic carbocycles. The van der Waals surface area contributed by atoms with Gasteiger partial charge in [-0.25, -0.2) is 0 Å². The highest BCUT2D eigenvalue weighted by atomic mass is 16.5. The van der Waals surface area contributed by atoms with E-state index in [1.165, 1.54) is 5.69 Å². The predicted octanol–water partition coefficient (Wildman–Crippen LogP) is 0.826. The first-order valence-corrected chi connectivity index (χ1v) is 7.55. The van der Waals surface area contributed by atoms with Gasteiger partial charge in [0.1, 0.15) is 5.75 Å². The molecule has 5 heteroatoms. The van der Waals surface area contributed by atoms with Crippen molar-refractivity contribution in [1.82, 2.24) is 4.90 Å². The van der Waals surface area contributed by atoms with Crippen LogP contribution in [0.3, 0.4) is 0 Å². The first kappa shape index (κ1) is 14.6. The lowest BCUT2D eigenvalue weighted by Gasteiger charge is -2.45. The smallest absolute Gasteiger partial charge is 0.119 e. The highest BCUT2D eigenvalue weighted by Crippen LogP contribution is 2.29. The number of methoxy groups -OCH3 is 1. The minimum Gasteiger partial charge on any atom is -0.497 e. The van der Waals surface area contributed by atoms with E-state index in [1.54, 1.807) is 7.11 Å². The number of benzene rings is 1. The summed E-state index contributed by atoms with van der Waals surface area (Å²) in [5, 5.41) is 9.52. The Bertz CT molecular complexity index is 446. The van der Waals surface area contributed by atoms with Crippen molar-refractivity contribution in [3.63, 3.8) is 0 Å². The van der Waals surface area contributed by atoms with Crippen molar-refractivity contribution in [2.45, 2.75) is 0 Å². The van der Waals surface area contributed by atoms with Crippen LogP contribution in [0.25, 0.3) is 0 Å². The van der Waals surface area contributed by atoms with Crippen LogP contribution in [0.2, 0.25) is 0 Å². The molecule has 0 spiro atoms. The molecule has 2 aliphatic rings. The Kier molecular flexibility index (Phi) is 4.33. The van der Waals surface area contributed by atoms with Crippen molar-refractivity contribution in [3.8, 4) is 5.75 Å². The molecule has 1 N–H and O–H groups in total. The zero-order valence-corrected chi connectivity index (χ0v) is 12.6. The highest BCUT2D eigenvalue weighted by Gasteiger charge is 2.40. The summed E-state index contributed by atoms with van der Waals surface area (Å²) in [6.45, 7) is 6.68. The number of aliphatic hydroxyl groups is 1. The molecular weight excluding hydrogens is 268 g/mol. The quantitative estimate of drug-likeness (QED) is 0.871. The van der Waals surface area contributed by atoms with Gasteiger partial charge in [0.2, 0.25) is 0 Å². The van der Waals surface area contributed by atoms with E-state index in [-0.39, 0.29) is 12.0 Å². The summed E-state index contributed by atoms with van der Waals surface area (Å²) in [7, 11) is 1.69. The molecule has 0 bridgehead atoms. The molecule has 5 nitrogen and oxygen atoms in total. The summed E-state index contributed by atoms with van der Waals surface area (Å²) in [5.41, 5.74) is 1.24. The third-order valence-corrected chi connectivity index (χ3v) is 4.52. The second-order valence-electron chi connectivity index (χ2n) is 6.11. The molecule has 1 aromatic rings. The van der Waals surface area contributed by atoms with Gasteiger partial charge in [-0.15, -0.1) is 0 Å². The van der Waals surface area contributed by atoms with Gasteiger partial charge in [0.15, 0.2) is 0 Å². The van der Waals surface area contributed by atoms with Gasteiger partial charge in [-0.3, -0.25) is 4.90 Å². The third kappa shape index (κ3) is 3.15. The number of hydrogen-bond donors (Lipinski definition) is 1. The summed E-state index contributed by atoms with van der Waals surface area (Å²) in [4.78, 5) is 4.84. The molecule has 0 saturated carbocycles. The van der Waals surface area contributed by atoms with Crippen LogP contribution in [-0.4, -0.2) is 69.7 Å². The maximum Gasteiger partial charge on any atom is 0.119 e. The zero-order chi connectivity index (χ0) is 14.7. The van der Waals surface area contributed by atoms with Gasteiger partial charge < -0.3 is 19.5 Å². The van der Waals surface area contributed by atoms with Crippen molar-refractivity contribution >= 4 is 5.69 Å². The lowest BCUT2D eigenvalue weighted by molar-refractivity contribution is -0.148. The zero-order valence-electron chi connectivity index (χ0n) is 12.6. The Balaban J connectivity index is 1.52. The van der Waals surface area contributed by atoms with E-state index in [2.05, 4.69) is 21.9 Å². The van der Waals surface area contributed by atoms with Gasteiger partial charge in [-0.05, 0) is 24.3 Å². The highest BCUT2D eigenvalue weighted by molar-refractivity contribution is 5.49. The molecule has 0 amide bonds. The summed E-state index contributed by atoms with van der Waals surface area (Å²) in [5.74, 6) is 0.896. The second-order valence-corrected chi connectivity index (χ2v) is 6.11. The Labute approximate surface area is 126 Å². The van der Waals surface area contributed by atoms with E-state index in [1.807, 2.05) is 12.1 Å². The number of piperazine rings is 1. The first-order valence-electron chi connectivity index (χ1n) is 7.55. The van der Waals surface area contributed by atoms with Gasteiger partial charge in [0, 0.05) is 38.4 Å².